The molecule has 1 unspecified atom stereocenters. The second kappa shape index (κ2) is 6.89. The molecule has 96 valence electrons. The Morgan fingerprint density at radius 2 is 1.94 bits per heavy atom. The minimum absolute atomic E-state index is 0.159. The molecule has 0 saturated heterocycles. The number of esters is 1. The zero-order valence-electron chi connectivity index (χ0n) is 10.1. The summed E-state index contributed by atoms with van der Waals surface area (Å²) < 4.78 is 20.4. The van der Waals surface area contributed by atoms with Crippen LogP contribution in [-0.4, -0.2) is 31.2 Å². The van der Waals surface area contributed by atoms with Gasteiger partial charge in [0.2, 0.25) is 6.16 Å². The largest absolute Gasteiger partial charge is 0.510 e. The van der Waals surface area contributed by atoms with Gasteiger partial charge in [0.25, 0.3) is 0 Å². The van der Waals surface area contributed by atoms with Crippen LogP contribution in [-0.2, 0) is 14.1 Å². The number of rotatable bonds is 5. The van der Waals surface area contributed by atoms with Gasteiger partial charge in [-0.25, -0.2) is 4.79 Å². The van der Waals surface area contributed by atoms with Crippen molar-refractivity contribution in [2.45, 2.75) is 0 Å². The Kier molecular flexibility index (Phi) is 5.49. The lowest BCUT2D eigenvalue weighted by molar-refractivity contribution is -0.135. The molecule has 0 fully saturated rings. The maximum Gasteiger partial charge on any atom is 0.510 e. The first-order valence-electron chi connectivity index (χ1n) is 5.13. The van der Waals surface area contributed by atoms with Crippen molar-refractivity contribution in [2.75, 3.05) is 20.4 Å². The molecule has 0 heterocycles. The summed E-state index contributed by atoms with van der Waals surface area (Å²) in [4.78, 5) is 20.3. The summed E-state index contributed by atoms with van der Waals surface area (Å²) in [6.45, 7) is 0. The molecule has 1 N–H and O–H groups in total. The minimum Gasteiger partial charge on any atom is -0.497 e. The molecule has 0 aliphatic rings. The van der Waals surface area contributed by atoms with Crippen LogP contribution in [0, 0.1) is 0 Å². The highest BCUT2D eigenvalue weighted by atomic mass is 31.1. The Bertz CT molecular complexity index is 464. The lowest BCUT2D eigenvalue weighted by Gasteiger charge is -2.01. The van der Waals surface area contributed by atoms with Gasteiger partial charge >= 0.3 is 14.0 Å². The van der Waals surface area contributed by atoms with Gasteiger partial charge in [0.15, 0.2) is 0 Å². The van der Waals surface area contributed by atoms with Crippen molar-refractivity contribution in [2.24, 2.45) is 0 Å². The van der Waals surface area contributed by atoms with E-state index in [1.54, 1.807) is 31.4 Å². The highest BCUT2D eigenvalue weighted by molar-refractivity contribution is 7.38. The van der Waals surface area contributed by atoms with Gasteiger partial charge in [-0.3, -0.25) is 0 Å². The van der Waals surface area contributed by atoms with Crippen molar-refractivity contribution in [3.8, 4) is 5.75 Å². The van der Waals surface area contributed by atoms with Gasteiger partial charge in [0, 0.05) is 0 Å². The van der Waals surface area contributed by atoms with Crippen molar-refractivity contribution in [3.05, 3.63) is 35.4 Å². The topological polar surface area (TPSA) is 72.8 Å². The predicted octanol–water partition coefficient (Wildman–Crippen LogP) is 1.99. The maximum absolute atomic E-state index is 11.4. The van der Waals surface area contributed by atoms with E-state index in [2.05, 4.69) is 4.74 Å². The van der Waals surface area contributed by atoms with E-state index < -0.39 is 14.0 Å². The molecule has 0 aliphatic carbocycles. The second-order valence-electron chi connectivity index (χ2n) is 3.44. The Morgan fingerprint density at radius 3 is 2.39 bits per heavy atom. The van der Waals surface area contributed by atoms with Crippen LogP contribution in [0.25, 0.3) is 6.08 Å². The average molecular weight is 269 g/mol. The first-order chi connectivity index (χ1) is 8.56. The minimum atomic E-state index is -2.43. The maximum atomic E-state index is 11.4. The average Bonchev–Trinajstić information content (AvgIpc) is 2.37. The van der Waals surface area contributed by atoms with Crippen LogP contribution >= 0.6 is 8.03 Å². The number of benzene rings is 1. The molecule has 0 radical (unpaired) electrons. The number of hydrogen-bond donors (Lipinski definition) is 1. The molecule has 0 aromatic heterocycles. The van der Waals surface area contributed by atoms with Gasteiger partial charge < -0.3 is 9.47 Å². The summed E-state index contributed by atoms with van der Waals surface area (Å²) in [6.07, 6.45) is 1.29. The fraction of sp³-hybridized carbons (Fsp3) is 0.250. The zero-order valence-corrected chi connectivity index (χ0v) is 11.0. The van der Waals surface area contributed by atoms with Crippen LogP contribution in [0.15, 0.2) is 29.8 Å². The van der Waals surface area contributed by atoms with Gasteiger partial charge in [0.05, 0.1) is 19.8 Å². The Labute approximate surface area is 106 Å². The lowest BCUT2D eigenvalue weighted by Crippen LogP contribution is -2.06. The van der Waals surface area contributed by atoms with Crippen molar-refractivity contribution in [1.82, 2.24) is 0 Å². The molecule has 0 amide bonds. The highest BCUT2D eigenvalue weighted by Gasteiger charge is 2.21. The van der Waals surface area contributed by atoms with E-state index >= 15 is 0 Å². The summed E-state index contributed by atoms with van der Waals surface area (Å²) in [5.74, 6) is 0.0863. The molecule has 0 bridgehead atoms. The van der Waals surface area contributed by atoms with Crippen LogP contribution in [0.2, 0.25) is 0 Å². The predicted molar refractivity (Wildman–Crippen MR) is 67.7 cm³/mol. The Morgan fingerprint density at radius 1 is 1.33 bits per heavy atom. The van der Waals surface area contributed by atoms with E-state index in [4.69, 9.17) is 9.63 Å². The monoisotopic (exact) mass is 269 g/mol. The third kappa shape index (κ3) is 4.28. The van der Waals surface area contributed by atoms with E-state index in [-0.39, 0.29) is 11.7 Å². The number of carbonyl (C=O) groups excluding carboxylic acids is 1. The highest BCUT2D eigenvalue weighted by Crippen LogP contribution is 2.21. The molecule has 5 nitrogen and oxygen atoms in total. The third-order valence-electron chi connectivity index (χ3n) is 2.21. The fourth-order valence-corrected chi connectivity index (χ4v) is 1.86. The molecule has 0 aliphatic heterocycles. The quantitative estimate of drug-likeness (QED) is 0.502. The number of carbonyl (C=O) groups is 1. The van der Waals surface area contributed by atoms with Crippen LogP contribution in [0.1, 0.15) is 5.56 Å². The molecular formula is C12H14O5P+. The van der Waals surface area contributed by atoms with Gasteiger partial charge in [-0.1, -0.05) is 12.1 Å². The number of ether oxygens (including phenoxy) is 2. The summed E-state index contributed by atoms with van der Waals surface area (Å²) in [5, 5.41) is 0. The van der Waals surface area contributed by atoms with E-state index in [0.717, 1.165) is 5.56 Å². The molecule has 6 heteroatoms. The molecule has 18 heavy (non-hydrogen) atoms. The zero-order chi connectivity index (χ0) is 13.5. The third-order valence-corrected chi connectivity index (χ3v) is 2.82. The summed E-state index contributed by atoms with van der Waals surface area (Å²) in [5.41, 5.74) is 0.888. The molecule has 1 aromatic rings. The van der Waals surface area contributed by atoms with Crippen molar-refractivity contribution >= 4 is 20.1 Å². The number of hydrogen-bond acceptors (Lipinski definition) is 4. The van der Waals surface area contributed by atoms with E-state index in [1.807, 2.05) is 0 Å². The van der Waals surface area contributed by atoms with Crippen LogP contribution in [0.5, 0.6) is 5.75 Å². The van der Waals surface area contributed by atoms with Crippen molar-refractivity contribution < 1.29 is 23.7 Å². The molecule has 1 atom stereocenters. The van der Waals surface area contributed by atoms with Crippen LogP contribution in [0.4, 0.5) is 0 Å². The van der Waals surface area contributed by atoms with E-state index in [1.165, 1.54) is 13.2 Å². The van der Waals surface area contributed by atoms with Crippen LogP contribution < -0.4 is 4.74 Å². The Hall–Kier alpha value is -1.71. The summed E-state index contributed by atoms with van der Waals surface area (Å²) in [7, 11) is 0.360. The van der Waals surface area contributed by atoms with Gasteiger partial charge in [-0.05, 0) is 28.3 Å². The van der Waals surface area contributed by atoms with Crippen LogP contribution in [0.3, 0.4) is 0 Å². The van der Waals surface area contributed by atoms with Gasteiger partial charge in [0.1, 0.15) is 5.75 Å². The Balaban J connectivity index is 2.98. The van der Waals surface area contributed by atoms with E-state index in [0.29, 0.717) is 5.75 Å². The standard InChI is InChI=1S/C12H13O5P/c1-16-11-5-3-9(4-6-11)7-10(8-18(14)15)12(13)17-2/h3-7H,8H2,1-2H3/p+1/b10-7+. The second-order valence-corrected chi connectivity index (χ2v) is 4.47. The number of methoxy groups -OCH3 is 2. The van der Waals surface area contributed by atoms with Crippen molar-refractivity contribution in [1.29, 1.82) is 0 Å². The molecular weight excluding hydrogens is 255 g/mol. The first kappa shape index (κ1) is 14.4. The van der Waals surface area contributed by atoms with Crippen molar-refractivity contribution in [3.63, 3.8) is 0 Å². The normalized spacial score (nSPS) is 11.9. The SMILES string of the molecule is COC(=O)/C(=C/c1ccc(OC)cc1)C[P+](=O)O. The molecule has 0 saturated carbocycles. The summed E-state index contributed by atoms with van der Waals surface area (Å²) in [6, 6.07) is 6.96. The summed E-state index contributed by atoms with van der Waals surface area (Å²) >= 11 is 0. The lowest BCUT2D eigenvalue weighted by atomic mass is 10.1. The van der Waals surface area contributed by atoms with Gasteiger partial charge in [-0.2, -0.15) is 4.89 Å². The first-order valence-corrected chi connectivity index (χ1v) is 6.53. The fourth-order valence-electron chi connectivity index (χ4n) is 1.35. The van der Waals surface area contributed by atoms with Gasteiger partial charge in [-0.15, -0.1) is 0 Å². The molecule has 1 rings (SSSR count). The molecule has 1 aromatic carbocycles. The van der Waals surface area contributed by atoms with E-state index in [9.17, 15) is 9.36 Å². The smallest absolute Gasteiger partial charge is 0.497 e. The molecule has 0 spiro atoms.